The number of nitrogens with two attached hydrogens (primary N) is 1. The molecule has 5 nitrogen and oxygen atoms in total. The number of rotatable bonds is 8. The van der Waals surface area contributed by atoms with E-state index in [-0.39, 0.29) is 17.4 Å². The Bertz CT molecular complexity index is 402. The fourth-order valence-electron chi connectivity index (χ4n) is 3.14. The van der Waals surface area contributed by atoms with E-state index in [1.54, 1.807) is 0 Å². The number of nitrogens with one attached hydrogen (secondary N) is 1. The van der Waals surface area contributed by atoms with Crippen molar-refractivity contribution in [2.75, 3.05) is 19.6 Å². The van der Waals surface area contributed by atoms with Gasteiger partial charge in [0.2, 0.25) is 5.91 Å². The summed E-state index contributed by atoms with van der Waals surface area (Å²) in [5.74, 6) is -0.134. The van der Waals surface area contributed by atoms with Gasteiger partial charge in [-0.25, -0.2) is 0 Å². The third-order valence-electron chi connectivity index (χ3n) is 4.66. The normalized spacial score (nSPS) is 26.0. The van der Waals surface area contributed by atoms with Crippen LogP contribution in [0.4, 0.5) is 0 Å². The number of nitrogens with zero attached hydrogens (tertiary/aromatic N) is 2. The number of carbonyl (C=O) groups is 1. The standard InChI is InChI=1S/C16H28N4O/c1-16(12-17,19-14-6-7-14)8-2-3-9-20-10-4-5-13(11-20)15(18)21/h13-14,19H,2-11H2,1H3,(H2,18,21). The Labute approximate surface area is 127 Å². The summed E-state index contributed by atoms with van der Waals surface area (Å²) in [6.45, 7) is 4.90. The minimum atomic E-state index is -0.376. The SMILES string of the molecule is CC(C#N)(CCCCN1CCCC(C(N)=O)C1)NC1CC1. The number of nitriles is 1. The lowest BCUT2D eigenvalue weighted by Crippen LogP contribution is -2.43. The van der Waals surface area contributed by atoms with Gasteiger partial charge in [-0.05, 0) is 65.0 Å². The first-order valence-corrected chi connectivity index (χ1v) is 8.23. The van der Waals surface area contributed by atoms with Crippen LogP contribution in [-0.4, -0.2) is 42.0 Å². The van der Waals surface area contributed by atoms with Gasteiger partial charge in [0.15, 0.2) is 0 Å². The van der Waals surface area contributed by atoms with Crippen LogP contribution in [-0.2, 0) is 4.79 Å². The lowest BCUT2D eigenvalue weighted by atomic mass is 9.95. The molecule has 2 rings (SSSR count). The van der Waals surface area contributed by atoms with Gasteiger partial charge in [0.1, 0.15) is 5.54 Å². The Morgan fingerprint density at radius 2 is 2.19 bits per heavy atom. The highest BCUT2D eigenvalue weighted by Gasteiger charge is 2.32. The first-order chi connectivity index (χ1) is 10.0. The maximum Gasteiger partial charge on any atom is 0.221 e. The van der Waals surface area contributed by atoms with Crippen LogP contribution in [0, 0.1) is 17.2 Å². The maximum atomic E-state index is 11.3. The van der Waals surface area contributed by atoms with Crippen molar-refractivity contribution in [2.45, 2.75) is 63.5 Å². The van der Waals surface area contributed by atoms with Crippen LogP contribution in [0.5, 0.6) is 0 Å². The summed E-state index contributed by atoms with van der Waals surface area (Å²) in [4.78, 5) is 13.6. The molecule has 0 bridgehead atoms. The van der Waals surface area contributed by atoms with Gasteiger partial charge in [0.25, 0.3) is 0 Å². The summed E-state index contributed by atoms with van der Waals surface area (Å²) in [6.07, 6.45) is 7.43. The second kappa shape index (κ2) is 7.24. The van der Waals surface area contributed by atoms with Crippen molar-refractivity contribution >= 4 is 5.91 Å². The average Bonchev–Trinajstić information content (AvgIpc) is 3.28. The summed E-state index contributed by atoms with van der Waals surface area (Å²) < 4.78 is 0. The third kappa shape index (κ3) is 5.29. The highest BCUT2D eigenvalue weighted by Crippen LogP contribution is 2.25. The van der Waals surface area contributed by atoms with E-state index in [2.05, 4.69) is 16.3 Å². The largest absolute Gasteiger partial charge is 0.369 e. The molecule has 2 aliphatic rings. The number of hydrogen-bond donors (Lipinski definition) is 2. The molecule has 2 atom stereocenters. The second-order valence-electron chi connectivity index (χ2n) is 6.86. The number of hydrogen-bond acceptors (Lipinski definition) is 4. The first-order valence-electron chi connectivity index (χ1n) is 8.23. The molecule has 2 unspecified atom stereocenters. The molecule has 3 N–H and O–H groups in total. The lowest BCUT2D eigenvalue weighted by Gasteiger charge is -2.31. The number of primary amides is 1. The van der Waals surface area contributed by atoms with Crippen LogP contribution in [0.2, 0.25) is 0 Å². The van der Waals surface area contributed by atoms with E-state index >= 15 is 0 Å². The van der Waals surface area contributed by atoms with Crippen LogP contribution in [0.25, 0.3) is 0 Å². The summed E-state index contributed by atoms with van der Waals surface area (Å²) in [6, 6.07) is 2.99. The third-order valence-corrected chi connectivity index (χ3v) is 4.66. The molecule has 1 aliphatic carbocycles. The molecule has 0 spiro atoms. The Hall–Kier alpha value is -1.12. The van der Waals surface area contributed by atoms with Gasteiger partial charge in [-0.3, -0.25) is 10.1 Å². The molecule has 1 heterocycles. The van der Waals surface area contributed by atoms with Gasteiger partial charge in [0.05, 0.1) is 12.0 Å². The van der Waals surface area contributed by atoms with E-state index in [1.165, 1.54) is 12.8 Å². The number of likely N-dealkylation sites (tertiary alicyclic amines) is 1. The van der Waals surface area contributed by atoms with Gasteiger partial charge in [-0.2, -0.15) is 5.26 Å². The van der Waals surface area contributed by atoms with Crippen LogP contribution in [0.15, 0.2) is 0 Å². The minimum Gasteiger partial charge on any atom is -0.369 e. The number of piperidine rings is 1. The molecule has 1 saturated heterocycles. The van der Waals surface area contributed by atoms with E-state index in [9.17, 15) is 10.1 Å². The number of unbranched alkanes of at least 4 members (excludes halogenated alkanes) is 1. The van der Waals surface area contributed by atoms with E-state index in [1.807, 2.05) is 6.92 Å². The zero-order valence-corrected chi connectivity index (χ0v) is 13.1. The van der Waals surface area contributed by atoms with Crippen LogP contribution >= 0.6 is 0 Å². The molecule has 0 radical (unpaired) electrons. The fourth-order valence-corrected chi connectivity index (χ4v) is 3.14. The minimum absolute atomic E-state index is 0.0275. The van der Waals surface area contributed by atoms with E-state index in [0.717, 1.165) is 51.7 Å². The van der Waals surface area contributed by atoms with Crippen LogP contribution < -0.4 is 11.1 Å². The van der Waals surface area contributed by atoms with Gasteiger partial charge in [-0.1, -0.05) is 0 Å². The quantitative estimate of drug-likeness (QED) is 0.662. The van der Waals surface area contributed by atoms with Crippen molar-refractivity contribution in [3.05, 3.63) is 0 Å². The molecule has 1 aliphatic heterocycles. The Morgan fingerprint density at radius 1 is 1.43 bits per heavy atom. The van der Waals surface area contributed by atoms with Crippen molar-refractivity contribution in [3.63, 3.8) is 0 Å². The summed E-state index contributed by atoms with van der Waals surface area (Å²) in [5.41, 5.74) is 5.03. The van der Waals surface area contributed by atoms with Crippen molar-refractivity contribution in [1.29, 1.82) is 5.26 Å². The van der Waals surface area contributed by atoms with E-state index in [4.69, 9.17) is 5.73 Å². The highest BCUT2D eigenvalue weighted by molar-refractivity contribution is 5.76. The predicted molar refractivity (Wildman–Crippen MR) is 82.4 cm³/mol. The lowest BCUT2D eigenvalue weighted by molar-refractivity contribution is -0.123. The van der Waals surface area contributed by atoms with Gasteiger partial charge in [0, 0.05) is 12.6 Å². The zero-order valence-electron chi connectivity index (χ0n) is 13.1. The zero-order chi connectivity index (χ0) is 15.3. The Morgan fingerprint density at radius 3 is 2.81 bits per heavy atom. The molecular weight excluding hydrogens is 264 g/mol. The number of carbonyl (C=O) groups excluding carboxylic acids is 1. The van der Waals surface area contributed by atoms with Crippen molar-refractivity contribution in [2.24, 2.45) is 11.7 Å². The van der Waals surface area contributed by atoms with E-state index < -0.39 is 0 Å². The maximum absolute atomic E-state index is 11.3. The van der Waals surface area contributed by atoms with Gasteiger partial charge >= 0.3 is 0 Å². The molecule has 2 fully saturated rings. The number of amides is 1. The van der Waals surface area contributed by atoms with Gasteiger partial charge in [-0.15, -0.1) is 0 Å². The molecule has 0 aromatic carbocycles. The molecular formula is C16H28N4O. The molecule has 1 saturated carbocycles. The molecule has 1 amide bonds. The van der Waals surface area contributed by atoms with Gasteiger partial charge < -0.3 is 10.6 Å². The van der Waals surface area contributed by atoms with Crippen LogP contribution in [0.1, 0.15) is 51.9 Å². The predicted octanol–water partition coefficient (Wildman–Crippen LogP) is 1.39. The monoisotopic (exact) mass is 292 g/mol. The Kier molecular flexibility index (Phi) is 5.60. The molecule has 0 aromatic rings. The van der Waals surface area contributed by atoms with Crippen LogP contribution in [0.3, 0.4) is 0 Å². The Balaban J connectivity index is 1.64. The van der Waals surface area contributed by atoms with E-state index in [0.29, 0.717) is 6.04 Å². The smallest absolute Gasteiger partial charge is 0.221 e. The first kappa shape index (κ1) is 16.3. The van der Waals surface area contributed by atoms with Crippen molar-refractivity contribution in [3.8, 4) is 6.07 Å². The molecule has 118 valence electrons. The molecule has 5 heteroatoms. The topological polar surface area (TPSA) is 82.2 Å². The molecule has 0 aromatic heterocycles. The summed E-state index contributed by atoms with van der Waals surface area (Å²) in [7, 11) is 0. The van der Waals surface area contributed by atoms with Crippen molar-refractivity contribution < 1.29 is 4.79 Å². The summed E-state index contributed by atoms with van der Waals surface area (Å²) in [5, 5.41) is 12.8. The summed E-state index contributed by atoms with van der Waals surface area (Å²) >= 11 is 0. The fraction of sp³-hybridized carbons (Fsp3) is 0.875. The highest BCUT2D eigenvalue weighted by atomic mass is 16.1. The molecule has 21 heavy (non-hydrogen) atoms. The second-order valence-corrected chi connectivity index (χ2v) is 6.86. The average molecular weight is 292 g/mol. The van der Waals surface area contributed by atoms with Crippen molar-refractivity contribution in [1.82, 2.24) is 10.2 Å².